The molecule has 98 valence electrons. The van der Waals surface area contributed by atoms with Crippen LogP contribution in [-0.4, -0.2) is 18.4 Å². The Hall–Kier alpha value is -1.06. The van der Waals surface area contributed by atoms with Crippen LogP contribution in [0.25, 0.3) is 0 Å². The molecule has 0 heterocycles. The summed E-state index contributed by atoms with van der Waals surface area (Å²) < 4.78 is 4.92. The Labute approximate surface area is 116 Å². The third-order valence-corrected chi connectivity index (χ3v) is 2.71. The summed E-state index contributed by atoms with van der Waals surface area (Å²) in [6.07, 6.45) is 0. The van der Waals surface area contributed by atoms with Crippen LogP contribution in [-0.2, 0) is 9.53 Å². The third-order valence-electron chi connectivity index (χ3n) is 2.27. The Balaban J connectivity index is 2.69. The molecule has 1 rings (SSSR count). The highest BCUT2D eigenvalue weighted by molar-refractivity contribution is 6.35. The molecule has 0 spiro atoms. The lowest BCUT2D eigenvalue weighted by Crippen LogP contribution is -2.26. The molecule has 0 unspecified atom stereocenters. The highest BCUT2D eigenvalue weighted by Crippen LogP contribution is 2.20. The molecule has 0 radical (unpaired) electrons. The molecule has 0 N–H and O–H groups in total. The van der Waals surface area contributed by atoms with E-state index in [-0.39, 0.29) is 18.0 Å². The summed E-state index contributed by atoms with van der Waals surface area (Å²) in [4.78, 5) is 23.3. The van der Waals surface area contributed by atoms with E-state index < -0.39 is 11.4 Å². The van der Waals surface area contributed by atoms with Crippen molar-refractivity contribution >= 4 is 35.0 Å². The minimum Gasteiger partial charge on any atom is -0.454 e. The summed E-state index contributed by atoms with van der Waals surface area (Å²) in [7, 11) is 0. The molecule has 0 amide bonds. The number of hydrogen-bond donors (Lipinski definition) is 0. The van der Waals surface area contributed by atoms with Gasteiger partial charge in [-0.15, -0.1) is 0 Å². The SMILES string of the molecule is CC(C)(C)C(=O)COC(=O)c1cc(Cl)cc(Cl)c1. The average molecular weight is 289 g/mol. The quantitative estimate of drug-likeness (QED) is 0.796. The van der Waals surface area contributed by atoms with Gasteiger partial charge < -0.3 is 4.74 Å². The molecule has 1 aromatic rings. The van der Waals surface area contributed by atoms with Gasteiger partial charge in [0, 0.05) is 15.5 Å². The van der Waals surface area contributed by atoms with Gasteiger partial charge in [-0.2, -0.15) is 0 Å². The van der Waals surface area contributed by atoms with Gasteiger partial charge in [0.1, 0.15) is 0 Å². The fourth-order valence-electron chi connectivity index (χ4n) is 1.10. The number of ether oxygens (including phenoxy) is 1. The van der Waals surface area contributed by atoms with Gasteiger partial charge in [-0.25, -0.2) is 4.79 Å². The van der Waals surface area contributed by atoms with Crippen molar-refractivity contribution in [2.45, 2.75) is 20.8 Å². The minimum atomic E-state index is -0.614. The second-order valence-electron chi connectivity index (χ2n) is 4.91. The summed E-state index contributed by atoms with van der Waals surface area (Å²) in [5, 5.41) is 0.688. The lowest BCUT2D eigenvalue weighted by atomic mass is 9.91. The van der Waals surface area contributed by atoms with Gasteiger partial charge in [-0.05, 0) is 18.2 Å². The molecule has 18 heavy (non-hydrogen) atoms. The van der Waals surface area contributed by atoms with Gasteiger partial charge in [0.2, 0.25) is 0 Å². The molecule has 0 bridgehead atoms. The predicted molar refractivity (Wildman–Crippen MR) is 71.2 cm³/mol. The summed E-state index contributed by atoms with van der Waals surface area (Å²) >= 11 is 11.5. The maximum Gasteiger partial charge on any atom is 0.338 e. The van der Waals surface area contributed by atoms with Crippen molar-refractivity contribution in [1.82, 2.24) is 0 Å². The van der Waals surface area contributed by atoms with Crippen LogP contribution >= 0.6 is 23.2 Å². The Bertz CT molecular complexity index is 455. The van der Waals surface area contributed by atoms with E-state index in [4.69, 9.17) is 27.9 Å². The number of Topliss-reactive ketones (excluding diaryl/α,β-unsaturated/α-hetero) is 1. The number of carbonyl (C=O) groups is 2. The molecule has 5 heteroatoms. The first-order valence-electron chi connectivity index (χ1n) is 5.36. The Morgan fingerprint density at radius 1 is 1.11 bits per heavy atom. The first kappa shape index (κ1) is 15.0. The number of carbonyl (C=O) groups excluding carboxylic acids is 2. The fourth-order valence-corrected chi connectivity index (χ4v) is 1.63. The summed E-state index contributed by atoms with van der Waals surface area (Å²) in [5.74, 6) is -0.763. The van der Waals surface area contributed by atoms with Gasteiger partial charge in [-0.1, -0.05) is 44.0 Å². The lowest BCUT2D eigenvalue weighted by Gasteiger charge is -2.16. The zero-order valence-electron chi connectivity index (χ0n) is 10.4. The minimum absolute atomic E-state index is 0.149. The molecule has 0 atom stereocenters. The van der Waals surface area contributed by atoms with E-state index in [9.17, 15) is 9.59 Å². The van der Waals surface area contributed by atoms with Crippen molar-refractivity contribution in [3.63, 3.8) is 0 Å². The zero-order valence-corrected chi connectivity index (χ0v) is 11.9. The van der Waals surface area contributed by atoms with Crippen LogP contribution in [0.15, 0.2) is 18.2 Å². The Morgan fingerprint density at radius 2 is 1.61 bits per heavy atom. The smallest absolute Gasteiger partial charge is 0.338 e. The lowest BCUT2D eigenvalue weighted by molar-refractivity contribution is -0.129. The first-order valence-corrected chi connectivity index (χ1v) is 6.12. The topological polar surface area (TPSA) is 43.4 Å². The van der Waals surface area contributed by atoms with E-state index >= 15 is 0 Å². The number of ketones is 1. The van der Waals surface area contributed by atoms with E-state index in [2.05, 4.69) is 0 Å². The van der Waals surface area contributed by atoms with Crippen LogP contribution in [0.5, 0.6) is 0 Å². The zero-order chi connectivity index (χ0) is 13.9. The first-order chi connectivity index (χ1) is 8.20. The third kappa shape index (κ3) is 4.31. The van der Waals surface area contributed by atoms with Crippen LogP contribution in [0.1, 0.15) is 31.1 Å². The summed E-state index contributed by atoms with van der Waals surface area (Å²) in [5.41, 5.74) is -0.305. The van der Waals surface area contributed by atoms with Crippen LogP contribution in [0, 0.1) is 5.41 Å². The standard InChI is InChI=1S/C13H14Cl2O3/c1-13(2,3)11(16)7-18-12(17)8-4-9(14)6-10(15)5-8/h4-6H,7H2,1-3H3. The Kier molecular flexibility index (Phi) is 4.77. The summed E-state index contributed by atoms with van der Waals surface area (Å²) in [6.45, 7) is 5.03. The number of halogens is 2. The van der Waals surface area contributed by atoms with E-state index in [1.807, 2.05) is 0 Å². The molecule has 0 saturated heterocycles. The van der Waals surface area contributed by atoms with E-state index in [0.717, 1.165) is 0 Å². The van der Waals surface area contributed by atoms with Crippen molar-refractivity contribution < 1.29 is 14.3 Å². The number of rotatable bonds is 3. The van der Waals surface area contributed by atoms with Crippen molar-refractivity contribution in [3.05, 3.63) is 33.8 Å². The van der Waals surface area contributed by atoms with Gasteiger partial charge in [-0.3, -0.25) is 4.79 Å². The van der Waals surface area contributed by atoms with E-state index in [0.29, 0.717) is 10.0 Å². The molecule has 0 aromatic heterocycles. The van der Waals surface area contributed by atoms with Crippen molar-refractivity contribution in [3.8, 4) is 0 Å². The molecule has 1 aromatic carbocycles. The Morgan fingerprint density at radius 3 is 2.06 bits per heavy atom. The normalized spacial score (nSPS) is 11.2. The van der Waals surface area contributed by atoms with Crippen molar-refractivity contribution in [2.75, 3.05) is 6.61 Å². The highest BCUT2D eigenvalue weighted by atomic mass is 35.5. The van der Waals surface area contributed by atoms with Crippen LogP contribution in [0.3, 0.4) is 0 Å². The highest BCUT2D eigenvalue weighted by Gasteiger charge is 2.22. The fraction of sp³-hybridized carbons (Fsp3) is 0.385. The van der Waals surface area contributed by atoms with Gasteiger partial charge in [0.25, 0.3) is 0 Å². The number of benzene rings is 1. The molecular formula is C13H14Cl2O3. The van der Waals surface area contributed by atoms with Gasteiger partial charge in [0.15, 0.2) is 12.4 Å². The number of esters is 1. The molecule has 0 saturated carbocycles. The maximum atomic E-state index is 11.7. The monoisotopic (exact) mass is 288 g/mol. The van der Waals surface area contributed by atoms with E-state index in [1.54, 1.807) is 20.8 Å². The van der Waals surface area contributed by atoms with Gasteiger partial charge >= 0.3 is 5.97 Å². The largest absolute Gasteiger partial charge is 0.454 e. The molecule has 0 aliphatic rings. The van der Waals surface area contributed by atoms with Crippen molar-refractivity contribution in [2.24, 2.45) is 5.41 Å². The molecule has 0 aliphatic heterocycles. The maximum absolute atomic E-state index is 11.7. The second-order valence-corrected chi connectivity index (χ2v) is 5.78. The van der Waals surface area contributed by atoms with Crippen LogP contribution in [0.4, 0.5) is 0 Å². The van der Waals surface area contributed by atoms with E-state index in [1.165, 1.54) is 18.2 Å². The molecular weight excluding hydrogens is 275 g/mol. The predicted octanol–water partition coefficient (Wildman–Crippen LogP) is 3.77. The molecule has 3 nitrogen and oxygen atoms in total. The summed E-state index contributed by atoms with van der Waals surface area (Å²) in [6, 6.07) is 4.40. The van der Waals surface area contributed by atoms with Crippen LogP contribution < -0.4 is 0 Å². The number of hydrogen-bond acceptors (Lipinski definition) is 3. The van der Waals surface area contributed by atoms with Gasteiger partial charge in [0.05, 0.1) is 5.56 Å². The second kappa shape index (κ2) is 5.72. The molecule has 0 aliphatic carbocycles. The van der Waals surface area contributed by atoms with Crippen LogP contribution in [0.2, 0.25) is 10.0 Å². The average Bonchev–Trinajstić information content (AvgIpc) is 2.22. The van der Waals surface area contributed by atoms with Crippen molar-refractivity contribution in [1.29, 1.82) is 0 Å². The molecule has 0 fully saturated rings.